The molecule has 2 amide bonds. The van der Waals surface area contributed by atoms with Gasteiger partial charge in [-0.15, -0.1) is 0 Å². The number of carbonyl (C=O) groups is 1. The fourth-order valence-electron chi connectivity index (χ4n) is 1.88. The van der Waals surface area contributed by atoms with Crippen LogP contribution in [0.4, 0.5) is 16.5 Å². The number of carbonyl (C=O) groups excluding carboxylic acids is 1. The van der Waals surface area contributed by atoms with Crippen molar-refractivity contribution >= 4 is 17.7 Å². The van der Waals surface area contributed by atoms with Gasteiger partial charge in [-0.3, -0.25) is 0 Å². The Morgan fingerprint density at radius 2 is 2.00 bits per heavy atom. The van der Waals surface area contributed by atoms with Crippen LogP contribution in [0.15, 0.2) is 34.7 Å². The van der Waals surface area contributed by atoms with Gasteiger partial charge in [0, 0.05) is 12.2 Å². The van der Waals surface area contributed by atoms with Crippen molar-refractivity contribution < 1.29 is 9.21 Å². The molecule has 0 aliphatic carbocycles. The summed E-state index contributed by atoms with van der Waals surface area (Å²) < 4.78 is 5.59. The number of para-hydroxylation sites is 1. The van der Waals surface area contributed by atoms with E-state index in [1.165, 1.54) is 0 Å². The molecule has 0 bridgehead atoms. The molecule has 1 aromatic heterocycles. The van der Waals surface area contributed by atoms with Gasteiger partial charge < -0.3 is 9.73 Å². The molecule has 5 nitrogen and oxygen atoms in total. The summed E-state index contributed by atoms with van der Waals surface area (Å²) in [7, 11) is 0. The number of urea groups is 1. The van der Waals surface area contributed by atoms with E-state index in [0.717, 1.165) is 30.0 Å². The van der Waals surface area contributed by atoms with Crippen molar-refractivity contribution in [3.8, 4) is 0 Å². The summed E-state index contributed by atoms with van der Waals surface area (Å²) in [6, 6.07) is 9.49. The van der Waals surface area contributed by atoms with E-state index in [1.807, 2.05) is 44.2 Å². The van der Waals surface area contributed by atoms with Gasteiger partial charge in [0.05, 0.1) is 5.69 Å². The summed E-state index contributed by atoms with van der Waals surface area (Å²) in [5.41, 5.74) is 1.56. The molecule has 0 spiro atoms. The van der Waals surface area contributed by atoms with E-state index in [-0.39, 0.29) is 6.03 Å². The fraction of sp³-hybridized carbons (Fsp3) is 0.375. The molecule has 2 rings (SSSR count). The molecule has 0 saturated carbocycles. The lowest BCUT2D eigenvalue weighted by molar-refractivity contribution is 0.255. The van der Waals surface area contributed by atoms with Crippen LogP contribution in [0, 0.1) is 13.8 Å². The van der Waals surface area contributed by atoms with Crippen LogP contribution in [0.3, 0.4) is 0 Å². The van der Waals surface area contributed by atoms with Gasteiger partial charge in [0.25, 0.3) is 0 Å². The first-order chi connectivity index (χ1) is 10.1. The molecule has 0 fully saturated rings. The van der Waals surface area contributed by atoms with Crippen molar-refractivity contribution in [3.63, 3.8) is 0 Å². The van der Waals surface area contributed by atoms with E-state index in [4.69, 9.17) is 4.42 Å². The maximum atomic E-state index is 12.5. The topological polar surface area (TPSA) is 58.4 Å². The van der Waals surface area contributed by atoms with Crippen LogP contribution in [0.25, 0.3) is 0 Å². The minimum atomic E-state index is -0.226. The SMILES string of the molecule is CCCCN(C(=O)Nc1ccccc1)c1nc(C)c(C)o1. The highest BCUT2D eigenvalue weighted by Crippen LogP contribution is 2.19. The maximum Gasteiger partial charge on any atom is 0.329 e. The zero-order valence-electron chi connectivity index (χ0n) is 12.7. The Kier molecular flexibility index (Phi) is 4.98. The van der Waals surface area contributed by atoms with Crippen molar-refractivity contribution in [2.45, 2.75) is 33.6 Å². The Morgan fingerprint density at radius 1 is 1.29 bits per heavy atom. The number of aryl methyl sites for hydroxylation is 2. The van der Waals surface area contributed by atoms with Gasteiger partial charge in [-0.1, -0.05) is 31.5 Å². The van der Waals surface area contributed by atoms with Crippen LogP contribution in [-0.2, 0) is 0 Å². The molecular weight excluding hydrogens is 266 g/mol. The Balaban J connectivity index is 2.17. The third-order valence-electron chi connectivity index (χ3n) is 3.25. The zero-order valence-corrected chi connectivity index (χ0v) is 12.7. The Hall–Kier alpha value is -2.30. The van der Waals surface area contributed by atoms with E-state index in [9.17, 15) is 4.79 Å². The second-order valence-electron chi connectivity index (χ2n) is 4.94. The molecule has 0 radical (unpaired) electrons. The first kappa shape index (κ1) is 15.1. The van der Waals surface area contributed by atoms with Crippen molar-refractivity contribution in [2.24, 2.45) is 0 Å². The maximum absolute atomic E-state index is 12.5. The van der Waals surface area contributed by atoms with Gasteiger partial charge in [0.2, 0.25) is 0 Å². The lowest BCUT2D eigenvalue weighted by atomic mass is 10.3. The lowest BCUT2D eigenvalue weighted by Crippen LogP contribution is -2.36. The van der Waals surface area contributed by atoms with Crippen LogP contribution >= 0.6 is 0 Å². The third-order valence-corrected chi connectivity index (χ3v) is 3.25. The average molecular weight is 287 g/mol. The van der Waals surface area contributed by atoms with Crippen LogP contribution in [0.1, 0.15) is 31.2 Å². The Bertz CT molecular complexity index is 573. The van der Waals surface area contributed by atoms with Crippen LogP contribution in [-0.4, -0.2) is 17.6 Å². The van der Waals surface area contributed by atoms with Gasteiger partial charge in [-0.25, -0.2) is 9.69 Å². The normalized spacial score (nSPS) is 10.4. The molecule has 0 atom stereocenters. The van der Waals surface area contributed by atoms with E-state index < -0.39 is 0 Å². The number of hydrogen-bond donors (Lipinski definition) is 1. The van der Waals surface area contributed by atoms with Crippen LogP contribution < -0.4 is 10.2 Å². The summed E-state index contributed by atoms with van der Waals surface area (Å²) in [6.07, 6.45) is 1.89. The van der Waals surface area contributed by atoms with Crippen molar-refractivity contribution in [2.75, 3.05) is 16.8 Å². The zero-order chi connectivity index (χ0) is 15.2. The average Bonchev–Trinajstić information content (AvgIpc) is 2.80. The first-order valence-electron chi connectivity index (χ1n) is 7.19. The molecule has 5 heteroatoms. The summed E-state index contributed by atoms with van der Waals surface area (Å²) in [4.78, 5) is 18.3. The predicted molar refractivity (Wildman–Crippen MR) is 83.7 cm³/mol. The van der Waals surface area contributed by atoms with E-state index >= 15 is 0 Å². The van der Waals surface area contributed by atoms with Crippen LogP contribution in [0.5, 0.6) is 0 Å². The number of oxazole rings is 1. The summed E-state index contributed by atoms with van der Waals surface area (Å²) in [5, 5.41) is 2.87. The van der Waals surface area contributed by atoms with E-state index in [1.54, 1.807) is 4.90 Å². The van der Waals surface area contributed by atoms with Gasteiger partial charge in [-0.05, 0) is 32.4 Å². The number of unbranched alkanes of at least 4 members (excludes halogenated alkanes) is 1. The summed E-state index contributed by atoms with van der Waals surface area (Å²) in [6.45, 7) is 6.38. The Labute approximate surface area is 125 Å². The van der Waals surface area contributed by atoms with E-state index in [0.29, 0.717) is 12.6 Å². The van der Waals surface area contributed by atoms with E-state index in [2.05, 4.69) is 17.2 Å². The predicted octanol–water partition coefficient (Wildman–Crippen LogP) is 4.13. The minimum absolute atomic E-state index is 0.226. The molecule has 21 heavy (non-hydrogen) atoms. The highest BCUT2D eigenvalue weighted by atomic mass is 16.4. The molecule has 0 saturated heterocycles. The molecule has 1 heterocycles. The fourth-order valence-corrected chi connectivity index (χ4v) is 1.88. The second kappa shape index (κ2) is 6.92. The van der Waals surface area contributed by atoms with Gasteiger partial charge in [0.1, 0.15) is 5.76 Å². The summed E-state index contributed by atoms with van der Waals surface area (Å²) in [5.74, 6) is 0.735. The van der Waals surface area contributed by atoms with Crippen molar-refractivity contribution in [1.29, 1.82) is 0 Å². The quantitative estimate of drug-likeness (QED) is 0.899. The second-order valence-corrected chi connectivity index (χ2v) is 4.94. The molecule has 0 aliphatic heterocycles. The highest BCUT2D eigenvalue weighted by molar-refractivity contribution is 6.00. The highest BCUT2D eigenvalue weighted by Gasteiger charge is 2.21. The lowest BCUT2D eigenvalue weighted by Gasteiger charge is -2.19. The number of nitrogens with one attached hydrogen (secondary N) is 1. The van der Waals surface area contributed by atoms with Gasteiger partial charge >= 0.3 is 12.0 Å². The molecule has 112 valence electrons. The standard InChI is InChI=1S/C16H21N3O2/c1-4-5-11-19(16-17-12(2)13(3)21-16)15(20)18-14-9-7-6-8-10-14/h6-10H,4-5,11H2,1-3H3,(H,18,20). The molecule has 1 aromatic carbocycles. The summed E-state index contributed by atoms with van der Waals surface area (Å²) >= 11 is 0. The Morgan fingerprint density at radius 3 is 2.57 bits per heavy atom. The van der Waals surface area contributed by atoms with Gasteiger partial charge in [0.15, 0.2) is 0 Å². The molecule has 2 aromatic rings. The molecule has 0 unspecified atom stereocenters. The number of amides is 2. The molecule has 1 N–H and O–H groups in total. The largest absolute Gasteiger partial charge is 0.428 e. The van der Waals surface area contributed by atoms with Gasteiger partial charge in [-0.2, -0.15) is 4.98 Å². The number of anilines is 2. The first-order valence-corrected chi connectivity index (χ1v) is 7.19. The number of rotatable bonds is 5. The number of benzene rings is 1. The molecular formula is C16H21N3O2. The minimum Gasteiger partial charge on any atom is -0.428 e. The van der Waals surface area contributed by atoms with Crippen molar-refractivity contribution in [3.05, 3.63) is 41.8 Å². The number of nitrogens with zero attached hydrogens (tertiary/aromatic N) is 2. The van der Waals surface area contributed by atoms with Crippen LogP contribution in [0.2, 0.25) is 0 Å². The monoisotopic (exact) mass is 287 g/mol. The number of hydrogen-bond acceptors (Lipinski definition) is 3. The molecule has 0 aliphatic rings. The smallest absolute Gasteiger partial charge is 0.329 e. The van der Waals surface area contributed by atoms with Crippen molar-refractivity contribution in [1.82, 2.24) is 4.98 Å². The number of aromatic nitrogens is 1. The third kappa shape index (κ3) is 3.84.